The van der Waals surface area contributed by atoms with Crippen LogP contribution in [0.1, 0.15) is 23.4 Å². The molecular weight excluding hydrogens is 375 g/mol. The van der Waals surface area contributed by atoms with Crippen molar-refractivity contribution in [1.29, 1.82) is 0 Å². The number of hydrogen-bond acceptors (Lipinski definition) is 2. The Kier molecular flexibility index (Phi) is 4.42. The number of para-hydroxylation sites is 2. The van der Waals surface area contributed by atoms with Crippen molar-refractivity contribution in [2.24, 2.45) is 24.8 Å². The van der Waals surface area contributed by atoms with Crippen LogP contribution < -0.4 is 0 Å². The van der Waals surface area contributed by atoms with Crippen molar-refractivity contribution in [3.8, 4) is 0 Å². The van der Waals surface area contributed by atoms with Gasteiger partial charge in [-0.2, -0.15) is 13.2 Å². The normalized spacial score (nSPS) is 24.2. The van der Waals surface area contributed by atoms with E-state index in [2.05, 4.69) is 28.6 Å². The van der Waals surface area contributed by atoms with E-state index in [0.717, 1.165) is 61.2 Å². The van der Waals surface area contributed by atoms with E-state index in [0.29, 0.717) is 5.92 Å². The van der Waals surface area contributed by atoms with Gasteiger partial charge in [-0.05, 0) is 60.4 Å². The van der Waals surface area contributed by atoms with E-state index in [1.807, 2.05) is 12.1 Å². The first-order valence-electron chi connectivity index (χ1n) is 10.2. The van der Waals surface area contributed by atoms with Gasteiger partial charge < -0.3 is 4.57 Å². The predicted octanol–water partition coefficient (Wildman–Crippen LogP) is 4.90. The lowest BCUT2D eigenvalue weighted by Gasteiger charge is -2.19. The summed E-state index contributed by atoms with van der Waals surface area (Å²) >= 11 is 0. The van der Waals surface area contributed by atoms with Crippen molar-refractivity contribution in [3.63, 3.8) is 0 Å². The minimum Gasteiger partial charge on any atom is -0.330 e. The highest BCUT2D eigenvalue weighted by molar-refractivity contribution is 5.75. The largest absolute Gasteiger partial charge is 0.416 e. The third-order valence-corrected chi connectivity index (χ3v) is 6.74. The molecule has 2 aromatic carbocycles. The summed E-state index contributed by atoms with van der Waals surface area (Å²) in [6.45, 7) is 3.08. The number of likely N-dealkylation sites (tertiary alicyclic amines) is 1. The van der Waals surface area contributed by atoms with E-state index in [1.54, 1.807) is 12.1 Å². The Balaban J connectivity index is 1.13. The van der Waals surface area contributed by atoms with E-state index in [9.17, 15) is 13.2 Å². The molecule has 1 aliphatic carbocycles. The number of aryl methyl sites for hydroxylation is 2. The third kappa shape index (κ3) is 3.54. The van der Waals surface area contributed by atoms with Crippen LogP contribution in [0.4, 0.5) is 13.2 Å². The Morgan fingerprint density at radius 3 is 2.34 bits per heavy atom. The quantitative estimate of drug-likeness (QED) is 0.608. The van der Waals surface area contributed by atoms with Crippen LogP contribution in [0.3, 0.4) is 0 Å². The first-order chi connectivity index (χ1) is 13.9. The van der Waals surface area contributed by atoms with Crippen molar-refractivity contribution in [2.75, 3.05) is 13.1 Å². The predicted molar refractivity (Wildman–Crippen MR) is 106 cm³/mol. The molecule has 5 rings (SSSR count). The molecule has 2 aliphatic rings. The molecule has 3 aromatic rings. The lowest BCUT2D eigenvalue weighted by Crippen LogP contribution is -2.25. The van der Waals surface area contributed by atoms with Crippen LogP contribution in [0, 0.1) is 17.8 Å². The van der Waals surface area contributed by atoms with Crippen LogP contribution in [0.5, 0.6) is 0 Å². The number of imidazole rings is 1. The zero-order chi connectivity index (χ0) is 20.2. The van der Waals surface area contributed by atoms with Gasteiger partial charge in [0.25, 0.3) is 0 Å². The van der Waals surface area contributed by atoms with Crippen molar-refractivity contribution in [2.45, 2.75) is 25.6 Å². The van der Waals surface area contributed by atoms with Gasteiger partial charge in [-0.25, -0.2) is 4.98 Å². The molecule has 3 nitrogen and oxygen atoms in total. The molecule has 29 heavy (non-hydrogen) atoms. The molecule has 2 atom stereocenters. The second-order valence-electron chi connectivity index (χ2n) is 8.49. The van der Waals surface area contributed by atoms with Crippen molar-refractivity contribution >= 4 is 11.0 Å². The molecule has 0 amide bonds. The lowest BCUT2D eigenvalue weighted by atomic mass is 10.0. The maximum Gasteiger partial charge on any atom is 0.416 e. The number of aromatic nitrogens is 2. The molecular formula is C23H24F3N3. The fourth-order valence-electron chi connectivity index (χ4n) is 5.02. The maximum absolute atomic E-state index is 12.7. The van der Waals surface area contributed by atoms with Gasteiger partial charge >= 0.3 is 6.18 Å². The van der Waals surface area contributed by atoms with E-state index in [-0.39, 0.29) is 0 Å². The topological polar surface area (TPSA) is 21.1 Å². The number of hydrogen-bond donors (Lipinski definition) is 0. The highest BCUT2D eigenvalue weighted by Gasteiger charge is 2.54. The molecule has 0 spiro atoms. The van der Waals surface area contributed by atoms with Gasteiger partial charge in [-0.3, -0.25) is 4.90 Å². The van der Waals surface area contributed by atoms with Crippen LogP contribution in [-0.4, -0.2) is 27.5 Å². The van der Waals surface area contributed by atoms with Crippen LogP contribution >= 0.6 is 0 Å². The van der Waals surface area contributed by atoms with Crippen molar-refractivity contribution < 1.29 is 13.2 Å². The SMILES string of the molecule is Cn1c(CN2CC3C(CCc4ccc(C(F)(F)F)cc4)C3C2)nc2ccccc21. The van der Waals surface area contributed by atoms with Gasteiger partial charge in [0.2, 0.25) is 0 Å². The number of rotatable bonds is 5. The first kappa shape index (κ1) is 18.7. The Morgan fingerprint density at radius 2 is 1.69 bits per heavy atom. The summed E-state index contributed by atoms with van der Waals surface area (Å²) < 4.78 is 40.2. The Labute approximate surface area is 168 Å². The molecule has 2 fully saturated rings. The van der Waals surface area contributed by atoms with Crippen molar-refractivity contribution in [3.05, 3.63) is 65.5 Å². The Morgan fingerprint density at radius 1 is 1.00 bits per heavy atom. The summed E-state index contributed by atoms with van der Waals surface area (Å²) in [6.07, 6.45) is -2.32. The zero-order valence-electron chi connectivity index (χ0n) is 16.4. The molecule has 2 unspecified atom stereocenters. The second-order valence-corrected chi connectivity index (χ2v) is 8.49. The summed E-state index contributed by atoms with van der Waals surface area (Å²) in [4.78, 5) is 7.27. The van der Waals surface area contributed by atoms with E-state index >= 15 is 0 Å². The summed E-state index contributed by atoms with van der Waals surface area (Å²) in [7, 11) is 2.08. The fraction of sp³-hybridized carbons (Fsp3) is 0.435. The highest BCUT2D eigenvalue weighted by atomic mass is 19.4. The highest BCUT2D eigenvalue weighted by Crippen LogP contribution is 2.54. The molecule has 6 heteroatoms. The molecule has 2 heterocycles. The minimum absolute atomic E-state index is 0.567. The summed E-state index contributed by atoms with van der Waals surface area (Å²) in [5.41, 5.74) is 2.65. The summed E-state index contributed by atoms with van der Waals surface area (Å²) in [5.74, 6) is 3.29. The molecule has 1 aromatic heterocycles. The molecule has 0 radical (unpaired) electrons. The van der Waals surface area contributed by atoms with Crippen LogP contribution in [0.25, 0.3) is 11.0 Å². The van der Waals surface area contributed by atoms with Crippen LogP contribution in [0.2, 0.25) is 0 Å². The van der Waals surface area contributed by atoms with Crippen molar-refractivity contribution in [1.82, 2.24) is 14.5 Å². The molecule has 0 N–H and O–H groups in total. The number of fused-ring (bicyclic) bond motifs is 2. The average molecular weight is 399 g/mol. The molecule has 1 saturated carbocycles. The Hall–Kier alpha value is -2.34. The minimum atomic E-state index is -4.26. The van der Waals surface area contributed by atoms with Gasteiger partial charge in [0, 0.05) is 20.1 Å². The number of nitrogens with zero attached hydrogens (tertiary/aromatic N) is 3. The first-order valence-corrected chi connectivity index (χ1v) is 10.2. The summed E-state index contributed by atoms with van der Waals surface area (Å²) in [5, 5.41) is 0. The monoisotopic (exact) mass is 399 g/mol. The third-order valence-electron chi connectivity index (χ3n) is 6.74. The standard InChI is InChI=1S/C23H24F3N3/c1-28-21-5-3-2-4-20(21)27-22(28)14-29-12-18-17(19(18)13-29)11-8-15-6-9-16(10-7-15)23(24,25)26/h2-7,9-10,17-19H,8,11-14H2,1H3. The van der Waals surface area contributed by atoms with Gasteiger partial charge in [0.05, 0.1) is 23.1 Å². The Bertz CT molecular complexity index is 1010. The van der Waals surface area contributed by atoms with Gasteiger partial charge in [-0.15, -0.1) is 0 Å². The number of alkyl halides is 3. The molecule has 1 aliphatic heterocycles. The smallest absolute Gasteiger partial charge is 0.330 e. The number of halogens is 3. The summed E-state index contributed by atoms with van der Waals surface area (Å²) in [6, 6.07) is 13.9. The van der Waals surface area contributed by atoms with E-state index < -0.39 is 11.7 Å². The van der Waals surface area contributed by atoms with E-state index in [1.165, 1.54) is 17.6 Å². The van der Waals surface area contributed by atoms with Gasteiger partial charge in [0.15, 0.2) is 0 Å². The number of benzene rings is 2. The van der Waals surface area contributed by atoms with E-state index in [4.69, 9.17) is 4.98 Å². The van der Waals surface area contributed by atoms with Crippen LogP contribution in [0.15, 0.2) is 48.5 Å². The second kappa shape index (κ2) is 6.87. The average Bonchev–Trinajstić information content (AvgIpc) is 3.01. The molecule has 0 bridgehead atoms. The molecule has 152 valence electrons. The lowest BCUT2D eigenvalue weighted by molar-refractivity contribution is -0.137. The molecule has 1 saturated heterocycles. The maximum atomic E-state index is 12.7. The zero-order valence-corrected chi connectivity index (χ0v) is 16.4. The van der Waals surface area contributed by atoms with Gasteiger partial charge in [0.1, 0.15) is 5.82 Å². The number of piperidine rings is 1. The fourth-order valence-corrected chi connectivity index (χ4v) is 5.02. The van der Waals surface area contributed by atoms with Crippen LogP contribution in [-0.2, 0) is 26.2 Å². The van der Waals surface area contributed by atoms with Gasteiger partial charge in [-0.1, -0.05) is 24.3 Å².